The van der Waals surface area contributed by atoms with Gasteiger partial charge in [0.2, 0.25) is 0 Å². The second-order valence-corrected chi connectivity index (χ2v) is 10.9. The average Bonchev–Trinajstić information content (AvgIpc) is 2.83. The molecule has 1 aliphatic carbocycles. The van der Waals surface area contributed by atoms with Crippen LogP contribution in [0.25, 0.3) is 11.4 Å². The Morgan fingerprint density at radius 2 is 1.77 bits per heavy atom. The van der Waals surface area contributed by atoms with Crippen molar-refractivity contribution in [3.8, 4) is 0 Å². The summed E-state index contributed by atoms with van der Waals surface area (Å²) in [6, 6.07) is 17.9. The van der Waals surface area contributed by atoms with Crippen LogP contribution in [0.1, 0.15) is 75.6 Å². The van der Waals surface area contributed by atoms with Crippen LogP contribution in [0.15, 0.2) is 85.1 Å². The van der Waals surface area contributed by atoms with E-state index in [0.717, 1.165) is 37.0 Å². The third-order valence-electron chi connectivity index (χ3n) is 7.13. The van der Waals surface area contributed by atoms with E-state index >= 15 is 0 Å². The molecule has 0 radical (unpaired) electrons. The number of hydrogen-bond donors (Lipinski definition) is 1. The van der Waals surface area contributed by atoms with Crippen molar-refractivity contribution in [2.24, 2.45) is 5.41 Å². The molecule has 0 aromatic heterocycles. The van der Waals surface area contributed by atoms with Crippen LogP contribution in [0.4, 0.5) is 0 Å². The smallest absolute Gasteiger partial charge is 0.0421 e. The Morgan fingerprint density at radius 1 is 1.09 bits per heavy atom. The van der Waals surface area contributed by atoms with E-state index in [1.165, 1.54) is 40.1 Å². The van der Waals surface area contributed by atoms with Gasteiger partial charge in [0.15, 0.2) is 0 Å². The fraction of sp³-hybridized carbons (Fsp3) is 0.394. The van der Waals surface area contributed by atoms with Gasteiger partial charge in [0.1, 0.15) is 0 Å². The molecule has 0 aliphatic heterocycles. The summed E-state index contributed by atoms with van der Waals surface area (Å²) in [5.74, 6) is 0. The van der Waals surface area contributed by atoms with Crippen molar-refractivity contribution in [1.29, 1.82) is 0 Å². The van der Waals surface area contributed by atoms with Crippen LogP contribution in [0, 0.1) is 12.3 Å². The number of nitrogens with zero attached hydrogens (tertiary/aromatic N) is 1. The van der Waals surface area contributed by atoms with Crippen LogP contribution in [0.5, 0.6) is 0 Å². The lowest BCUT2D eigenvalue weighted by Gasteiger charge is -2.32. The van der Waals surface area contributed by atoms with Crippen molar-refractivity contribution in [2.75, 3.05) is 7.05 Å². The van der Waals surface area contributed by atoms with Crippen molar-refractivity contribution >= 4 is 11.4 Å². The molecule has 0 heterocycles. The normalized spacial score (nSPS) is 16.5. The van der Waals surface area contributed by atoms with Crippen molar-refractivity contribution < 1.29 is 0 Å². The van der Waals surface area contributed by atoms with Crippen LogP contribution in [-0.4, -0.2) is 18.0 Å². The van der Waals surface area contributed by atoms with E-state index in [4.69, 9.17) is 0 Å². The van der Waals surface area contributed by atoms with Crippen molar-refractivity contribution in [3.05, 3.63) is 107 Å². The van der Waals surface area contributed by atoms with Gasteiger partial charge in [-0.05, 0) is 66.4 Å². The number of aryl methyl sites for hydroxylation is 2. The van der Waals surface area contributed by atoms with Gasteiger partial charge in [-0.3, -0.25) is 0 Å². The van der Waals surface area contributed by atoms with Gasteiger partial charge in [-0.15, -0.1) is 0 Å². The fourth-order valence-electron chi connectivity index (χ4n) is 4.46. The van der Waals surface area contributed by atoms with E-state index in [1.807, 2.05) is 0 Å². The molecular formula is C33H44N2. The van der Waals surface area contributed by atoms with Gasteiger partial charge in [-0.25, -0.2) is 0 Å². The zero-order chi connectivity index (χ0) is 25.6. The Hall–Kier alpha value is -3.00. The molecule has 3 rings (SSSR count). The lowest BCUT2D eigenvalue weighted by molar-refractivity contribution is 0.464. The first-order valence-electron chi connectivity index (χ1n) is 13.0. The summed E-state index contributed by atoms with van der Waals surface area (Å²) in [6.45, 7) is 19.8. The summed E-state index contributed by atoms with van der Waals surface area (Å²) in [5.41, 5.74) is 9.88. The topological polar surface area (TPSA) is 15.3 Å². The molecular weight excluding hydrogens is 424 g/mol. The Labute approximate surface area is 214 Å². The summed E-state index contributed by atoms with van der Waals surface area (Å²) in [7, 11) is 2.15. The molecule has 0 amide bonds. The summed E-state index contributed by atoms with van der Waals surface area (Å²) in [4.78, 5) is 2.27. The summed E-state index contributed by atoms with van der Waals surface area (Å²) in [5, 5.41) is 3.87. The summed E-state index contributed by atoms with van der Waals surface area (Å²) in [6.07, 6.45) is 10.0. The standard InChI is InChI=1S/C33H44N2/c1-9-12-27-15-17-28(18-16-27)26(4)35(8)30-21-19-29(20-22-30)34-32(23-25(3)33(5,6)7)31-14-11-10-13-24(31)2/h10-11,13-18,21,23,29,34H,3-4,9,12,19-20,22H2,1-2,5-8H3/b32-23+. The number of hydrogen-bond acceptors (Lipinski definition) is 2. The van der Waals surface area contributed by atoms with Crippen molar-refractivity contribution in [2.45, 2.75) is 72.8 Å². The Kier molecular flexibility index (Phi) is 8.83. The SMILES string of the molecule is C=C(c1ccc(CCC)cc1)N(C)C1=CCC(N/C(=C/C(=C)C(C)(C)C)c2ccccc2C)CC1. The lowest BCUT2D eigenvalue weighted by Crippen LogP contribution is -2.31. The number of nitrogens with one attached hydrogen (secondary N) is 1. The van der Waals surface area contributed by atoms with Gasteiger partial charge in [0.25, 0.3) is 0 Å². The van der Waals surface area contributed by atoms with E-state index in [1.54, 1.807) is 0 Å². The molecule has 2 aromatic rings. The zero-order valence-electron chi connectivity index (χ0n) is 22.7. The first-order chi connectivity index (χ1) is 16.6. The predicted octanol–water partition coefficient (Wildman–Crippen LogP) is 8.52. The zero-order valence-corrected chi connectivity index (χ0v) is 22.7. The van der Waals surface area contributed by atoms with Crippen LogP contribution in [0.3, 0.4) is 0 Å². The minimum absolute atomic E-state index is 0.0348. The summed E-state index contributed by atoms with van der Waals surface area (Å²) < 4.78 is 0. The van der Waals surface area contributed by atoms with Crippen LogP contribution >= 0.6 is 0 Å². The summed E-state index contributed by atoms with van der Waals surface area (Å²) >= 11 is 0. The molecule has 0 saturated heterocycles. The molecule has 1 atom stereocenters. The van der Waals surface area contributed by atoms with Crippen molar-refractivity contribution in [3.63, 3.8) is 0 Å². The monoisotopic (exact) mass is 468 g/mol. The lowest BCUT2D eigenvalue weighted by atomic mass is 9.86. The molecule has 2 aromatic carbocycles. The molecule has 0 bridgehead atoms. The highest BCUT2D eigenvalue weighted by atomic mass is 15.1. The molecule has 1 N–H and O–H groups in total. The maximum absolute atomic E-state index is 4.40. The van der Waals surface area contributed by atoms with E-state index in [9.17, 15) is 0 Å². The quantitative estimate of drug-likeness (QED) is 0.371. The minimum atomic E-state index is 0.0348. The van der Waals surface area contributed by atoms with Gasteiger partial charge in [-0.1, -0.05) is 102 Å². The maximum Gasteiger partial charge on any atom is 0.0421 e. The number of benzene rings is 2. The van der Waals surface area contributed by atoms with Crippen LogP contribution in [0.2, 0.25) is 0 Å². The Bertz CT molecular complexity index is 1090. The highest BCUT2D eigenvalue weighted by molar-refractivity contribution is 5.69. The maximum atomic E-state index is 4.40. The highest BCUT2D eigenvalue weighted by Gasteiger charge is 2.21. The van der Waals surface area contributed by atoms with E-state index in [2.05, 4.69) is 126 Å². The Balaban J connectivity index is 1.72. The fourth-order valence-corrected chi connectivity index (χ4v) is 4.46. The predicted molar refractivity (Wildman–Crippen MR) is 154 cm³/mol. The molecule has 2 nitrogen and oxygen atoms in total. The largest absolute Gasteiger partial charge is 0.381 e. The molecule has 1 unspecified atom stereocenters. The molecule has 2 heteroatoms. The molecule has 0 saturated carbocycles. The van der Waals surface area contributed by atoms with Gasteiger partial charge < -0.3 is 10.2 Å². The van der Waals surface area contributed by atoms with Gasteiger partial charge in [-0.2, -0.15) is 0 Å². The van der Waals surface area contributed by atoms with Gasteiger partial charge in [0.05, 0.1) is 0 Å². The third-order valence-corrected chi connectivity index (χ3v) is 7.13. The van der Waals surface area contributed by atoms with Crippen LogP contribution in [-0.2, 0) is 6.42 Å². The Morgan fingerprint density at radius 3 is 2.34 bits per heavy atom. The molecule has 186 valence electrons. The second kappa shape index (κ2) is 11.6. The molecule has 0 spiro atoms. The third kappa shape index (κ3) is 7.01. The van der Waals surface area contributed by atoms with E-state index in [0.29, 0.717) is 6.04 Å². The van der Waals surface area contributed by atoms with Gasteiger partial charge in [0, 0.05) is 35.7 Å². The van der Waals surface area contributed by atoms with Crippen LogP contribution < -0.4 is 5.32 Å². The van der Waals surface area contributed by atoms with E-state index in [-0.39, 0.29) is 5.41 Å². The number of allylic oxidation sites excluding steroid dienone is 3. The van der Waals surface area contributed by atoms with E-state index < -0.39 is 0 Å². The second-order valence-electron chi connectivity index (χ2n) is 10.9. The average molecular weight is 469 g/mol. The minimum Gasteiger partial charge on any atom is -0.381 e. The molecule has 35 heavy (non-hydrogen) atoms. The molecule has 1 aliphatic rings. The number of rotatable bonds is 9. The van der Waals surface area contributed by atoms with Gasteiger partial charge >= 0.3 is 0 Å². The first kappa shape index (κ1) is 26.6. The highest BCUT2D eigenvalue weighted by Crippen LogP contribution is 2.31. The first-order valence-corrected chi connectivity index (χ1v) is 13.0. The molecule has 0 fully saturated rings. The van der Waals surface area contributed by atoms with Crippen molar-refractivity contribution in [1.82, 2.24) is 10.2 Å².